The third-order valence-corrected chi connectivity index (χ3v) is 4.98. The van der Waals surface area contributed by atoms with Gasteiger partial charge in [-0.15, -0.1) is 0 Å². The quantitative estimate of drug-likeness (QED) is 0.724. The Morgan fingerprint density at radius 2 is 1.94 bits per heavy atom. The van der Waals surface area contributed by atoms with Gasteiger partial charge in [0.25, 0.3) is 0 Å². The van der Waals surface area contributed by atoms with E-state index in [4.69, 9.17) is 5.11 Å². The van der Waals surface area contributed by atoms with Crippen molar-refractivity contribution < 1.29 is 18.3 Å². The number of sulfonamides is 1. The fourth-order valence-electron chi connectivity index (χ4n) is 2.37. The molecule has 2 unspecified atom stereocenters. The molecule has 1 saturated carbocycles. The van der Waals surface area contributed by atoms with Crippen LogP contribution >= 0.6 is 0 Å². The Balaban J connectivity index is 2.45. The van der Waals surface area contributed by atoms with Crippen molar-refractivity contribution in [3.05, 3.63) is 0 Å². The van der Waals surface area contributed by atoms with Crippen LogP contribution < -0.4 is 4.72 Å². The molecule has 0 amide bonds. The van der Waals surface area contributed by atoms with E-state index in [1.165, 1.54) is 12.8 Å². The summed E-state index contributed by atoms with van der Waals surface area (Å²) in [7, 11) is -3.34. The van der Waals surface area contributed by atoms with Gasteiger partial charge in [-0.05, 0) is 25.2 Å². The second-order valence-electron chi connectivity index (χ2n) is 5.16. The highest BCUT2D eigenvalue weighted by Gasteiger charge is 2.24. The Bertz CT molecular complexity index is 366. The molecule has 0 aromatic carbocycles. The lowest BCUT2D eigenvalue weighted by Crippen LogP contribution is -2.40. The Labute approximate surface area is 109 Å². The molecule has 0 saturated heterocycles. The normalized spacial score (nSPS) is 25.6. The van der Waals surface area contributed by atoms with Gasteiger partial charge in [0.2, 0.25) is 10.0 Å². The first-order valence-electron chi connectivity index (χ1n) is 6.62. The van der Waals surface area contributed by atoms with Crippen LogP contribution in [0.5, 0.6) is 0 Å². The minimum atomic E-state index is -3.34. The zero-order chi connectivity index (χ0) is 13.6. The molecule has 0 heterocycles. The fraction of sp³-hybridized carbons (Fsp3) is 0.917. The number of carbonyl (C=O) groups is 1. The van der Waals surface area contributed by atoms with Crippen LogP contribution in [0.2, 0.25) is 0 Å². The summed E-state index contributed by atoms with van der Waals surface area (Å²) in [5.41, 5.74) is 0. The topological polar surface area (TPSA) is 83.5 Å². The molecule has 1 fully saturated rings. The van der Waals surface area contributed by atoms with Gasteiger partial charge in [-0.2, -0.15) is 0 Å². The van der Waals surface area contributed by atoms with Crippen LogP contribution in [0.15, 0.2) is 0 Å². The first-order valence-corrected chi connectivity index (χ1v) is 8.28. The molecule has 0 bridgehead atoms. The van der Waals surface area contributed by atoms with Gasteiger partial charge < -0.3 is 5.11 Å². The molecule has 0 aromatic rings. The molecule has 1 aliphatic carbocycles. The first-order chi connectivity index (χ1) is 8.41. The lowest BCUT2D eigenvalue weighted by Gasteiger charge is -2.22. The smallest absolute Gasteiger partial charge is 0.303 e. The van der Waals surface area contributed by atoms with Gasteiger partial charge in [0, 0.05) is 12.5 Å². The molecular weight excluding hydrogens is 254 g/mol. The van der Waals surface area contributed by atoms with Crippen LogP contribution in [0.3, 0.4) is 0 Å². The molecule has 0 radical (unpaired) electrons. The number of rotatable bonds is 6. The molecule has 2 N–H and O–H groups in total. The summed E-state index contributed by atoms with van der Waals surface area (Å²) in [6.45, 7) is 2.08. The standard InChI is InChI=1S/C12H23NO4S/c1-10-6-3-2-4-7-11(10)13-18(16,17)9-5-8-12(14)15/h10-11,13H,2-9H2,1H3,(H,14,15). The average molecular weight is 277 g/mol. The molecule has 18 heavy (non-hydrogen) atoms. The van der Waals surface area contributed by atoms with Gasteiger partial charge in [0.15, 0.2) is 0 Å². The Kier molecular flexibility index (Phi) is 6.08. The molecule has 6 heteroatoms. The van der Waals surface area contributed by atoms with E-state index in [0.717, 1.165) is 19.3 Å². The van der Waals surface area contributed by atoms with Crippen molar-refractivity contribution >= 4 is 16.0 Å². The van der Waals surface area contributed by atoms with Crippen LogP contribution in [0.25, 0.3) is 0 Å². The SMILES string of the molecule is CC1CCCCCC1NS(=O)(=O)CCCC(=O)O. The molecular formula is C12H23NO4S. The van der Waals surface area contributed by atoms with Crippen LogP contribution in [-0.2, 0) is 14.8 Å². The summed E-state index contributed by atoms with van der Waals surface area (Å²) in [5.74, 6) is -0.683. The lowest BCUT2D eigenvalue weighted by molar-refractivity contribution is -0.137. The predicted octanol–water partition coefficient (Wildman–Crippen LogP) is 1.74. The van der Waals surface area contributed by atoms with Gasteiger partial charge in [-0.25, -0.2) is 13.1 Å². The van der Waals surface area contributed by atoms with E-state index >= 15 is 0 Å². The summed E-state index contributed by atoms with van der Waals surface area (Å²) in [5, 5.41) is 8.50. The van der Waals surface area contributed by atoms with Crippen molar-refractivity contribution in [1.29, 1.82) is 0 Å². The molecule has 5 nitrogen and oxygen atoms in total. The van der Waals surface area contributed by atoms with Crippen LogP contribution in [-0.4, -0.2) is 31.3 Å². The van der Waals surface area contributed by atoms with E-state index < -0.39 is 16.0 Å². The van der Waals surface area contributed by atoms with E-state index in [0.29, 0.717) is 5.92 Å². The number of aliphatic carboxylic acids is 1. The van der Waals surface area contributed by atoms with Crippen molar-refractivity contribution in [2.45, 2.75) is 57.9 Å². The van der Waals surface area contributed by atoms with Gasteiger partial charge in [0.1, 0.15) is 0 Å². The highest BCUT2D eigenvalue weighted by molar-refractivity contribution is 7.89. The summed E-state index contributed by atoms with van der Waals surface area (Å²) in [6, 6.07) is 0.0160. The minimum absolute atomic E-state index is 0.0160. The van der Waals surface area contributed by atoms with Crippen molar-refractivity contribution in [1.82, 2.24) is 4.72 Å². The monoisotopic (exact) mass is 277 g/mol. The fourth-order valence-corrected chi connectivity index (χ4v) is 3.82. The Morgan fingerprint density at radius 3 is 2.61 bits per heavy atom. The second kappa shape index (κ2) is 7.09. The van der Waals surface area contributed by atoms with Crippen molar-refractivity contribution in [3.63, 3.8) is 0 Å². The van der Waals surface area contributed by atoms with Crippen molar-refractivity contribution in [2.24, 2.45) is 5.92 Å². The zero-order valence-corrected chi connectivity index (χ0v) is 11.7. The highest BCUT2D eigenvalue weighted by Crippen LogP contribution is 2.23. The van der Waals surface area contributed by atoms with Gasteiger partial charge in [-0.3, -0.25) is 4.79 Å². The van der Waals surface area contributed by atoms with Crippen LogP contribution in [0.1, 0.15) is 51.9 Å². The number of nitrogens with one attached hydrogen (secondary N) is 1. The molecule has 0 aliphatic heterocycles. The number of hydrogen-bond acceptors (Lipinski definition) is 3. The van der Waals surface area contributed by atoms with Crippen molar-refractivity contribution in [3.8, 4) is 0 Å². The maximum absolute atomic E-state index is 11.8. The molecule has 1 aliphatic rings. The van der Waals surface area contributed by atoms with Gasteiger partial charge >= 0.3 is 5.97 Å². The number of hydrogen-bond donors (Lipinski definition) is 2. The molecule has 106 valence electrons. The first kappa shape index (κ1) is 15.4. The van der Waals surface area contributed by atoms with Crippen LogP contribution in [0, 0.1) is 5.92 Å². The van der Waals surface area contributed by atoms with E-state index in [2.05, 4.69) is 11.6 Å². The summed E-state index contributed by atoms with van der Waals surface area (Å²) >= 11 is 0. The zero-order valence-electron chi connectivity index (χ0n) is 10.9. The largest absolute Gasteiger partial charge is 0.481 e. The highest BCUT2D eigenvalue weighted by atomic mass is 32.2. The summed E-state index contributed by atoms with van der Waals surface area (Å²) < 4.78 is 26.4. The Morgan fingerprint density at radius 1 is 1.28 bits per heavy atom. The lowest BCUT2D eigenvalue weighted by atomic mass is 9.98. The molecule has 2 atom stereocenters. The number of carboxylic acid groups (broad SMARTS) is 1. The third kappa shape index (κ3) is 5.82. The van der Waals surface area contributed by atoms with E-state index in [1.807, 2.05) is 0 Å². The van der Waals surface area contributed by atoms with Gasteiger partial charge in [0.05, 0.1) is 5.75 Å². The van der Waals surface area contributed by atoms with E-state index in [-0.39, 0.29) is 24.6 Å². The van der Waals surface area contributed by atoms with Gasteiger partial charge in [-0.1, -0.05) is 26.2 Å². The van der Waals surface area contributed by atoms with Crippen molar-refractivity contribution in [2.75, 3.05) is 5.75 Å². The van der Waals surface area contributed by atoms with E-state index in [9.17, 15) is 13.2 Å². The summed E-state index contributed by atoms with van der Waals surface area (Å²) in [4.78, 5) is 10.4. The third-order valence-electron chi connectivity index (χ3n) is 3.50. The summed E-state index contributed by atoms with van der Waals surface area (Å²) in [6.07, 6.45) is 5.42. The second-order valence-corrected chi connectivity index (χ2v) is 7.03. The Hall–Kier alpha value is -0.620. The molecule has 0 aromatic heterocycles. The number of carboxylic acids is 1. The maximum atomic E-state index is 11.8. The maximum Gasteiger partial charge on any atom is 0.303 e. The van der Waals surface area contributed by atoms with Crippen LogP contribution in [0.4, 0.5) is 0 Å². The average Bonchev–Trinajstić information content (AvgIpc) is 2.43. The van der Waals surface area contributed by atoms with E-state index in [1.54, 1.807) is 0 Å². The predicted molar refractivity (Wildman–Crippen MR) is 69.8 cm³/mol. The molecule has 0 spiro atoms. The molecule has 1 rings (SSSR count). The minimum Gasteiger partial charge on any atom is -0.481 e.